The highest BCUT2D eigenvalue weighted by Crippen LogP contribution is 2.14. The number of carbonyl (C=O) groups is 1. The van der Waals surface area contributed by atoms with Gasteiger partial charge in [-0.2, -0.15) is 4.80 Å². The van der Waals surface area contributed by atoms with Crippen LogP contribution in [-0.2, 0) is 6.54 Å². The summed E-state index contributed by atoms with van der Waals surface area (Å²) in [5.74, 6) is 0.0922. The molecule has 0 aliphatic carbocycles. The predicted octanol–water partition coefficient (Wildman–Crippen LogP) is 0.459. The standard InChI is InChI=1S/C10H11N5O/c1-2-15-13-10(12-14-15)8-5-3-7(4-6-8)9(11)16/h3-6H,2H2,1H3,(H2,11,16). The van der Waals surface area contributed by atoms with Gasteiger partial charge in [0.15, 0.2) is 0 Å². The van der Waals surface area contributed by atoms with E-state index in [0.29, 0.717) is 17.9 Å². The van der Waals surface area contributed by atoms with Crippen molar-refractivity contribution >= 4 is 5.91 Å². The number of benzene rings is 1. The number of tetrazole rings is 1. The minimum Gasteiger partial charge on any atom is -0.366 e. The third-order valence-electron chi connectivity index (χ3n) is 2.16. The number of nitrogens with two attached hydrogens (primary N) is 1. The molecule has 6 heteroatoms. The van der Waals surface area contributed by atoms with Crippen molar-refractivity contribution < 1.29 is 4.79 Å². The summed E-state index contributed by atoms with van der Waals surface area (Å²) in [6.45, 7) is 2.61. The smallest absolute Gasteiger partial charge is 0.248 e. The van der Waals surface area contributed by atoms with E-state index in [0.717, 1.165) is 5.56 Å². The van der Waals surface area contributed by atoms with Gasteiger partial charge in [0, 0.05) is 11.1 Å². The van der Waals surface area contributed by atoms with Crippen molar-refractivity contribution in [2.45, 2.75) is 13.5 Å². The van der Waals surface area contributed by atoms with Crippen LogP contribution in [0.3, 0.4) is 0 Å². The first-order chi connectivity index (χ1) is 7.70. The molecule has 0 radical (unpaired) electrons. The van der Waals surface area contributed by atoms with Crippen molar-refractivity contribution in [3.8, 4) is 11.4 Å². The zero-order valence-corrected chi connectivity index (χ0v) is 8.79. The lowest BCUT2D eigenvalue weighted by atomic mass is 10.1. The van der Waals surface area contributed by atoms with Gasteiger partial charge in [-0.15, -0.1) is 10.2 Å². The Morgan fingerprint density at radius 2 is 2.06 bits per heavy atom. The highest BCUT2D eigenvalue weighted by Gasteiger charge is 2.06. The van der Waals surface area contributed by atoms with Gasteiger partial charge in [0.2, 0.25) is 11.7 Å². The van der Waals surface area contributed by atoms with Crippen molar-refractivity contribution in [2.24, 2.45) is 5.73 Å². The molecule has 2 N–H and O–H groups in total. The Labute approximate surface area is 92.1 Å². The molecule has 2 rings (SSSR count). The van der Waals surface area contributed by atoms with E-state index in [-0.39, 0.29) is 0 Å². The van der Waals surface area contributed by atoms with Crippen LogP contribution in [0.1, 0.15) is 17.3 Å². The first-order valence-corrected chi connectivity index (χ1v) is 4.88. The fraction of sp³-hybridized carbons (Fsp3) is 0.200. The summed E-state index contributed by atoms with van der Waals surface area (Å²) < 4.78 is 0. The van der Waals surface area contributed by atoms with Crippen LogP contribution in [0.4, 0.5) is 0 Å². The van der Waals surface area contributed by atoms with E-state index in [1.807, 2.05) is 6.92 Å². The van der Waals surface area contributed by atoms with E-state index < -0.39 is 5.91 Å². The van der Waals surface area contributed by atoms with E-state index in [4.69, 9.17) is 5.73 Å². The minimum atomic E-state index is -0.447. The minimum absolute atomic E-state index is 0.447. The summed E-state index contributed by atoms with van der Waals surface area (Å²) in [7, 11) is 0. The zero-order valence-electron chi connectivity index (χ0n) is 8.79. The summed E-state index contributed by atoms with van der Waals surface area (Å²) in [5, 5.41) is 11.9. The average molecular weight is 217 g/mol. The van der Waals surface area contributed by atoms with E-state index in [2.05, 4.69) is 15.4 Å². The molecule has 82 valence electrons. The van der Waals surface area contributed by atoms with Gasteiger partial charge in [0.05, 0.1) is 6.54 Å². The number of primary amides is 1. The fourth-order valence-corrected chi connectivity index (χ4v) is 1.28. The first kappa shape index (κ1) is 10.3. The Hall–Kier alpha value is -2.24. The maximum absolute atomic E-state index is 10.9. The van der Waals surface area contributed by atoms with Crippen molar-refractivity contribution in [1.82, 2.24) is 20.2 Å². The Kier molecular flexibility index (Phi) is 2.63. The Balaban J connectivity index is 2.30. The van der Waals surface area contributed by atoms with E-state index in [9.17, 15) is 4.79 Å². The second kappa shape index (κ2) is 4.09. The van der Waals surface area contributed by atoms with Gasteiger partial charge in [0.1, 0.15) is 0 Å². The number of rotatable bonds is 3. The molecule has 0 saturated heterocycles. The molecule has 0 aliphatic rings. The van der Waals surface area contributed by atoms with Crippen molar-refractivity contribution in [1.29, 1.82) is 0 Å². The predicted molar refractivity (Wildman–Crippen MR) is 57.4 cm³/mol. The summed E-state index contributed by atoms with van der Waals surface area (Å²) in [6, 6.07) is 6.78. The van der Waals surface area contributed by atoms with Crippen LogP contribution in [0, 0.1) is 0 Å². The van der Waals surface area contributed by atoms with Crippen molar-refractivity contribution in [3.05, 3.63) is 29.8 Å². The van der Waals surface area contributed by atoms with Gasteiger partial charge >= 0.3 is 0 Å². The largest absolute Gasteiger partial charge is 0.366 e. The molecule has 1 heterocycles. The van der Waals surface area contributed by atoms with Gasteiger partial charge in [0.25, 0.3) is 0 Å². The molecule has 0 aliphatic heterocycles. The molecule has 1 amide bonds. The lowest BCUT2D eigenvalue weighted by Crippen LogP contribution is -2.10. The van der Waals surface area contributed by atoms with Gasteiger partial charge in [-0.25, -0.2) is 0 Å². The average Bonchev–Trinajstić information content (AvgIpc) is 2.77. The molecule has 1 aromatic heterocycles. The van der Waals surface area contributed by atoms with Gasteiger partial charge in [-0.3, -0.25) is 4.79 Å². The molecule has 0 fully saturated rings. The molecule has 0 spiro atoms. The number of hydrogen-bond donors (Lipinski definition) is 1. The monoisotopic (exact) mass is 217 g/mol. The number of nitrogens with zero attached hydrogens (tertiary/aromatic N) is 4. The zero-order chi connectivity index (χ0) is 11.5. The second-order valence-corrected chi connectivity index (χ2v) is 3.24. The topological polar surface area (TPSA) is 86.7 Å². The lowest BCUT2D eigenvalue weighted by Gasteiger charge is -1.96. The van der Waals surface area contributed by atoms with Gasteiger partial charge in [-0.1, -0.05) is 12.1 Å². The van der Waals surface area contributed by atoms with Crippen LogP contribution >= 0.6 is 0 Å². The van der Waals surface area contributed by atoms with Gasteiger partial charge in [-0.05, 0) is 24.3 Å². The first-order valence-electron chi connectivity index (χ1n) is 4.88. The van der Waals surface area contributed by atoms with Crippen LogP contribution in [0.25, 0.3) is 11.4 Å². The van der Waals surface area contributed by atoms with Crippen LogP contribution < -0.4 is 5.73 Å². The summed E-state index contributed by atoms with van der Waals surface area (Å²) in [6.07, 6.45) is 0. The molecular weight excluding hydrogens is 206 g/mol. The lowest BCUT2D eigenvalue weighted by molar-refractivity contribution is 0.100. The normalized spacial score (nSPS) is 10.3. The molecule has 2 aromatic rings. The van der Waals surface area contributed by atoms with E-state index >= 15 is 0 Å². The fourth-order valence-electron chi connectivity index (χ4n) is 1.28. The summed E-state index contributed by atoms with van der Waals surface area (Å²) in [4.78, 5) is 12.4. The highest BCUT2D eigenvalue weighted by molar-refractivity contribution is 5.93. The van der Waals surface area contributed by atoms with Crippen LogP contribution in [0.15, 0.2) is 24.3 Å². The molecular formula is C10H11N5O. The number of hydrogen-bond acceptors (Lipinski definition) is 4. The van der Waals surface area contributed by atoms with Crippen LogP contribution in [-0.4, -0.2) is 26.1 Å². The number of carbonyl (C=O) groups excluding carboxylic acids is 1. The molecule has 0 unspecified atom stereocenters. The Bertz CT molecular complexity index is 502. The van der Waals surface area contributed by atoms with Crippen LogP contribution in [0.5, 0.6) is 0 Å². The van der Waals surface area contributed by atoms with E-state index in [1.165, 1.54) is 4.80 Å². The summed E-state index contributed by atoms with van der Waals surface area (Å²) in [5.41, 5.74) is 6.42. The Morgan fingerprint density at radius 1 is 1.38 bits per heavy atom. The van der Waals surface area contributed by atoms with Crippen molar-refractivity contribution in [2.75, 3.05) is 0 Å². The molecule has 0 bridgehead atoms. The molecule has 1 aromatic carbocycles. The molecule has 16 heavy (non-hydrogen) atoms. The number of aromatic nitrogens is 4. The maximum Gasteiger partial charge on any atom is 0.248 e. The molecule has 6 nitrogen and oxygen atoms in total. The van der Waals surface area contributed by atoms with Gasteiger partial charge < -0.3 is 5.73 Å². The highest BCUT2D eigenvalue weighted by atomic mass is 16.1. The number of aryl methyl sites for hydroxylation is 1. The second-order valence-electron chi connectivity index (χ2n) is 3.24. The summed E-state index contributed by atoms with van der Waals surface area (Å²) >= 11 is 0. The van der Waals surface area contributed by atoms with Crippen molar-refractivity contribution in [3.63, 3.8) is 0 Å². The molecule has 0 saturated carbocycles. The van der Waals surface area contributed by atoms with E-state index in [1.54, 1.807) is 24.3 Å². The third kappa shape index (κ3) is 1.90. The third-order valence-corrected chi connectivity index (χ3v) is 2.16. The Morgan fingerprint density at radius 3 is 2.56 bits per heavy atom. The van der Waals surface area contributed by atoms with Crippen LogP contribution in [0.2, 0.25) is 0 Å². The SMILES string of the molecule is CCn1nnc(-c2ccc(C(N)=O)cc2)n1. The number of amides is 1. The molecule has 0 atom stereocenters. The quantitative estimate of drug-likeness (QED) is 0.809. The maximum atomic E-state index is 10.9.